The maximum atomic E-state index is 12.4. The first-order chi connectivity index (χ1) is 6.80. The number of hydrogen-bond acceptors (Lipinski definition) is 1. The zero-order valence-electron chi connectivity index (χ0n) is 8.11. The van der Waals surface area contributed by atoms with Crippen molar-refractivity contribution < 1.29 is 13.2 Å². The van der Waals surface area contributed by atoms with E-state index in [9.17, 15) is 13.2 Å². The quantitative estimate of drug-likeness (QED) is 0.884. The first-order valence-corrected chi connectivity index (χ1v) is 5.21. The number of rotatable bonds is 2. The van der Waals surface area contributed by atoms with Crippen LogP contribution in [0.25, 0.3) is 0 Å². The molecule has 1 aromatic carbocycles. The normalized spacial score (nSPS) is 14.0. The highest BCUT2D eigenvalue weighted by Gasteiger charge is 2.30. The Bertz CT molecular complexity index is 347. The molecule has 0 bridgehead atoms. The molecule has 0 amide bonds. The van der Waals surface area contributed by atoms with E-state index in [0.717, 1.165) is 12.1 Å². The molecule has 84 valence electrons. The first kappa shape index (κ1) is 12.5. The van der Waals surface area contributed by atoms with E-state index in [4.69, 9.17) is 5.73 Å². The van der Waals surface area contributed by atoms with Crippen LogP contribution in [0.5, 0.6) is 0 Å². The van der Waals surface area contributed by atoms with E-state index < -0.39 is 11.7 Å². The van der Waals surface area contributed by atoms with Gasteiger partial charge in [0, 0.05) is 10.5 Å². The SMILES string of the molecule is C[C@@H](N)Cc1cc(C(F)(F)F)ccc1Br. The van der Waals surface area contributed by atoms with Crippen molar-refractivity contribution in [1.29, 1.82) is 0 Å². The molecule has 0 saturated heterocycles. The number of benzene rings is 1. The monoisotopic (exact) mass is 281 g/mol. The Labute approximate surface area is 94.6 Å². The average Bonchev–Trinajstić information content (AvgIpc) is 2.06. The fourth-order valence-electron chi connectivity index (χ4n) is 1.25. The number of hydrogen-bond donors (Lipinski definition) is 1. The summed E-state index contributed by atoms with van der Waals surface area (Å²) in [5, 5.41) is 0. The summed E-state index contributed by atoms with van der Waals surface area (Å²) in [5.41, 5.74) is 5.50. The Morgan fingerprint density at radius 2 is 2.00 bits per heavy atom. The second-order valence-electron chi connectivity index (χ2n) is 3.49. The zero-order chi connectivity index (χ0) is 11.6. The van der Waals surface area contributed by atoms with Gasteiger partial charge in [-0.05, 0) is 37.1 Å². The maximum Gasteiger partial charge on any atom is 0.416 e. The predicted molar refractivity (Wildman–Crippen MR) is 56.5 cm³/mol. The van der Waals surface area contributed by atoms with Gasteiger partial charge in [-0.3, -0.25) is 0 Å². The van der Waals surface area contributed by atoms with Gasteiger partial charge in [0.05, 0.1) is 5.56 Å². The Kier molecular flexibility index (Phi) is 3.78. The fourth-order valence-corrected chi connectivity index (χ4v) is 1.66. The molecule has 1 nitrogen and oxygen atoms in total. The van der Waals surface area contributed by atoms with Gasteiger partial charge >= 0.3 is 6.18 Å². The van der Waals surface area contributed by atoms with Gasteiger partial charge < -0.3 is 5.73 Å². The Morgan fingerprint density at radius 1 is 1.40 bits per heavy atom. The molecule has 0 radical (unpaired) electrons. The van der Waals surface area contributed by atoms with Gasteiger partial charge in [0.25, 0.3) is 0 Å². The molecule has 0 spiro atoms. The van der Waals surface area contributed by atoms with Crippen LogP contribution in [0.3, 0.4) is 0 Å². The molecule has 1 aromatic rings. The van der Waals surface area contributed by atoms with Crippen molar-refractivity contribution in [3.63, 3.8) is 0 Å². The molecule has 0 fully saturated rings. The van der Waals surface area contributed by atoms with Crippen LogP contribution in [0.2, 0.25) is 0 Å². The third-order valence-electron chi connectivity index (χ3n) is 1.91. The molecule has 0 aromatic heterocycles. The molecule has 2 N–H and O–H groups in total. The summed E-state index contributed by atoms with van der Waals surface area (Å²) >= 11 is 3.20. The van der Waals surface area contributed by atoms with E-state index in [1.807, 2.05) is 0 Å². The lowest BCUT2D eigenvalue weighted by Crippen LogP contribution is -2.18. The van der Waals surface area contributed by atoms with E-state index in [0.29, 0.717) is 16.5 Å². The first-order valence-electron chi connectivity index (χ1n) is 4.42. The fraction of sp³-hybridized carbons (Fsp3) is 0.400. The standard InChI is InChI=1S/C10H11BrF3N/c1-6(15)4-7-5-8(10(12,13)14)2-3-9(7)11/h2-3,5-6H,4,15H2,1H3/t6-/m1/s1. The van der Waals surface area contributed by atoms with Crippen LogP contribution >= 0.6 is 15.9 Å². The second kappa shape index (κ2) is 4.53. The molecule has 0 aliphatic rings. The van der Waals surface area contributed by atoms with Crippen molar-refractivity contribution in [3.05, 3.63) is 33.8 Å². The van der Waals surface area contributed by atoms with Crippen LogP contribution < -0.4 is 5.73 Å². The lowest BCUT2D eigenvalue weighted by atomic mass is 10.0. The van der Waals surface area contributed by atoms with Crippen LogP contribution in [0.15, 0.2) is 22.7 Å². The van der Waals surface area contributed by atoms with Gasteiger partial charge in [0.15, 0.2) is 0 Å². The van der Waals surface area contributed by atoms with Crippen molar-refractivity contribution in [2.75, 3.05) is 0 Å². The average molecular weight is 282 g/mol. The van der Waals surface area contributed by atoms with Crippen molar-refractivity contribution in [2.24, 2.45) is 5.73 Å². The van der Waals surface area contributed by atoms with E-state index in [2.05, 4.69) is 15.9 Å². The third-order valence-corrected chi connectivity index (χ3v) is 2.69. The molecule has 0 aliphatic carbocycles. The van der Waals surface area contributed by atoms with E-state index in [1.165, 1.54) is 6.07 Å². The highest BCUT2D eigenvalue weighted by atomic mass is 79.9. The van der Waals surface area contributed by atoms with E-state index in [1.54, 1.807) is 6.92 Å². The zero-order valence-corrected chi connectivity index (χ0v) is 9.69. The van der Waals surface area contributed by atoms with Crippen LogP contribution in [0.1, 0.15) is 18.1 Å². The highest BCUT2D eigenvalue weighted by molar-refractivity contribution is 9.10. The number of halogens is 4. The summed E-state index contributed by atoms with van der Waals surface area (Å²) in [7, 11) is 0. The van der Waals surface area contributed by atoms with Crippen molar-refractivity contribution in [2.45, 2.75) is 25.6 Å². The maximum absolute atomic E-state index is 12.4. The largest absolute Gasteiger partial charge is 0.416 e. The third kappa shape index (κ3) is 3.50. The van der Waals surface area contributed by atoms with Crippen LogP contribution in [-0.4, -0.2) is 6.04 Å². The van der Waals surface area contributed by atoms with Gasteiger partial charge in [0.1, 0.15) is 0 Å². The predicted octanol–water partition coefficient (Wildman–Crippen LogP) is 3.36. The van der Waals surface area contributed by atoms with Crippen molar-refractivity contribution in [1.82, 2.24) is 0 Å². The Balaban J connectivity index is 3.06. The lowest BCUT2D eigenvalue weighted by Gasteiger charge is -2.12. The minimum Gasteiger partial charge on any atom is -0.328 e. The Morgan fingerprint density at radius 3 is 2.47 bits per heavy atom. The van der Waals surface area contributed by atoms with Gasteiger partial charge in [-0.15, -0.1) is 0 Å². The lowest BCUT2D eigenvalue weighted by molar-refractivity contribution is -0.137. The van der Waals surface area contributed by atoms with Gasteiger partial charge in [0.2, 0.25) is 0 Å². The summed E-state index contributed by atoms with van der Waals surface area (Å²) in [6.07, 6.45) is -3.88. The Hall–Kier alpha value is -0.550. The van der Waals surface area contributed by atoms with Gasteiger partial charge in [-0.1, -0.05) is 15.9 Å². The smallest absolute Gasteiger partial charge is 0.328 e. The molecule has 0 unspecified atom stereocenters. The minimum atomic E-state index is -4.30. The minimum absolute atomic E-state index is 0.162. The molecule has 15 heavy (non-hydrogen) atoms. The molecule has 1 rings (SSSR count). The van der Waals surface area contributed by atoms with Gasteiger partial charge in [-0.25, -0.2) is 0 Å². The van der Waals surface area contributed by atoms with Crippen LogP contribution in [-0.2, 0) is 12.6 Å². The molecule has 0 heterocycles. The summed E-state index contributed by atoms with van der Waals surface area (Å²) < 4.78 is 37.8. The summed E-state index contributed by atoms with van der Waals surface area (Å²) in [6.45, 7) is 1.76. The van der Waals surface area contributed by atoms with Crippen LogP contribution in [0, 0.1) is 0 Å². The van der Waals surface area contributed by atoms with Crippen molar-refractivity contribution in [3.8, 4) is 0 Å². The second-order valence-corrected chi connectivity index (χ2v) is 4.34. The topological polar surface area (TPSA) is 26.0 Å². The number of alkyl halides is 3. The number of nitrogens with two attached hydrogens (primary N) is 1. The summed E-state index contributed by atoms with van der Waals surface area (Å²) in [5.74, 6) is 0. The summed E-state index contributed by atoms with van der Waals surface area (Å²) in [4.78, 5) is 0. The molecule has 0 saturated carbocycles. The molecule has 5 heteroatoms. The van der Waals surface area contributed by atoms with E-state index in [-0.39, 0.29) is 6.04 Å². The van der Waals surface area contributed by atoms with E-state index >= 15 is 0 Å². The van der Waals surface area contributed by atoms with Crippen LogP contribution in [0.4, 0.5) is 13.2 Å². The van der Waals surface area contributed by atoms with Gasteiger partial charge in [-0.2, -0.15) is 13.2 Å². The molecular formula is C10H11BrF3N. The molecular weight excluding hydrogens is 271 g/mol. The molecule has 0 aliphatic heterocycles. The highest BCUT2D eigenvalue weighted by Crippen LogP contribution is 2.32. The molecule has 1 atom stereocenters. The summed E-state index contributed by atoms with van der Waals surface area (Å²) in [6, 6.07) is 3.42. The van der Waals surface area contributed by atoms with Crippen molar-refractivity contribution >= 4 is 15.9 Å².